The van der Waals surface area contributed by atoms with E-state index in [2.05, 4.69) is 21.7 Å². The summed E-state index contributed by atoms with van der Waals surface area (Å²) in [5.41, 5.74) is 0.980. The van der Waals surface area contributed by atoms with Crippen molar-refractivity contribution in [1.82, 2.24) is 10.3 Å². The summed E-state index contributed by atoms with van der Waals surface area (Å²) in [7, 11) is 0. The summed E-state index contributed by atoms with van der Waals surface area (Å²) in [6.07, 6.45) is 4.42. The van der Waals surface area contributed by atoms with Gasteiger partial charge in [-0.1, -0.05) is 19.3 Å². The van der Waals surface area contributed by atoms with E-state index in [0.717, 1.165) is 19.3 Å². The number of carbonyl (C=O) groups excluding carboxylic acids is 1. The zero-order valence-corrected chi connectivity index (χ0v) is 13.5. The summed E-state index contributed by atoms with van der Waals surface area (Å²) >= 11 is 0. The molecule has 1 amide bonds. The van der Waals surface area contributed by atoms with Gasteiger partial charge in [-0.3, -0.25) is 9.78 Å². The van der Waals surface area contributed by atoms with Gasteiger partial charge in [-0.25, -0.2) is 4.79 Å². The number of nitrogens with zero attached hydrogens (tertiary/aromatic N) is 1. The van der Waals surface area contributed by atoms with Crippen LogP contribution in [0.4, 0.5) is 5.69 Å². The molecule has 3 rings (SSSR count). The lowest BCUT2D eigenvalue weighted by molar-refractivity contribution is -0.123. The minimum absolute atomic E-state index is 0.209. The molecule has 2 aromatic rings. The molecular formula is C17H20N4O3. The molecule has 1 saturated carbocycles. The van der Waals surface area contributed by atoms with Crippen LogP contribution in [0.2, 0.25) is 0 Å². The smallest absolute Gasteiger partial charge is 0.408 e. The van der Waals surface area contributed by atoms with Gasteiger partial charge in [0, 0.05) is 5.69 Å². The van der Waals surface area contributed by atoms with Crippen molar-refractivity contribution in [2.45, 2.75) is 50.6 Å². The van der Waals surface area contributed by atoms with Crippen molar-refractivity contribution in [3.8, 4) is 6.07 Å². The molecule has 126 valence electrons. The van der Waals surface area contributed by atoms with Crippen LogP contribution in [0.25, 0.3) is 11.1 Å². The highest BCUT2D eigenvalue weighted by Crippen LogP contribution is 2.27. The molecule has 0 spiro atoms. The number of nitrogens with one attached hydrogen (secondary N) is 3. The van der Waals surface area contributed by atoms with Crippen LogP contribution in [-0.2, 0) is 4.79 Å². The molecule has 7 nitrogen and oxygen atoms in total. The number of hydrogen-bond acceptors (Lipinski definition) is 5. The van der Waals surface area contributed by atoms with Crippen LogP contribution >= 0.6 is 0 Å². The third-order valence-corrected chi connectivity index (χ3v) is 4.48. The number of hydrogen-bond donors (Lipinski definition) is 3. The summed E-state index contributed by atoms with van der Waals surface area (Å²) in [5.74, 6) is -0.722. The Morgan fingerprint density at radius 1 is 1.38 bits per heavy atom. The third kappa shape index (κ3) is 3.27. The van der Waals surface area contributed by atoms with Crippen molar-refractivity contribution in [3.63, 3.8) is 0 Å². The maximum Gasteiger partial charge on any atom is 0.417 e. The third-order valence-electron chi connectivity index (χ3n) is 4.48. The van der Waals surface area contributed by atoms with Gasteiger partial charge in [0.2, 0.25) is 5.91 Å². The Balaban J connectivity index is 1.68. The Hall–Kier alpha value is -2.75. The number of oxazole rings is 1. The van der Waals surface area contributed by atoms with Crippen LogP contribution in [0, 0.1) is 11.3 Å². The predicted molar refractivity (Wildman–Crippen MR) is 89.5 cm³/mol. The second kappa shape index (κ2) is 6.40. The second-order valence-corrected chi connectivity index (χ2v) is 6.34. The molecule has 0 radical (unpaired) electrons. The highest BCUT2D eigenvalue weighted by molar-refractivity contribution is 5.86. The fourth-order valence-electron chi connectivity index (χ4n) is 3.12. The van der Waals surface area contributed by atoms with Gasteiger partial charge < -0.3 is 15.1 Å². The quantitative estimate of drug-likeness (QED) is 0.797. The molecular weight excluding hydrogens is 308 g/mol. The summed E-state index contributed by atoms with van der Waals surface area (Å²) in [5, 5.41) is 15.4. The predicted octanol–water partition coefficient (Wildman–Crippen LogP) is 2.26. The van der Waals surface area contributed by atoms with Crippen LogP contribution in [0.1, 0.15) is 39.0 Å². The van der Waals surface area contributed by atoms with E-state index in [0.29, 0.717) is 29.6 Å². The molecule has 1 aliphatic rings. The summed E-state index contributed by atoms with van der Waals surface area (Å²) < 4.78 is 4.95. The van der Waals surface area contributed by atoms with E-state index >= 15 is 0 Å². The number of carbonyl (C=O) groups is 1. The van der Waals surface area contributed by atoms with Crippen LogP contribution in [-0.4, -0.2) is 22.5 Å². The SMILES string of the molecule is CC(Nc1ccc2oc(=O)[nH]c2c1)C(=O)NC1(C#N)CCCCC1. The number of fused-ring (bicyclic) bond motifs is 1. The van der Waals surface area contributed by atoms with E-state index in [1.54, 1.807) is 25.1 Å². The van der Waals surface area contributed by atoms with Crippen LogP contribution in [0.15, 0.2) is 27.4 Å². The van der Waals surface area contributed by atoms with Gasteiger partial charge in [-0.2, -0.15) is 5.26 Å². The van der Waals surface area contributed by atoms with Gasteiger partial charge in [0.05, 0.1) is 11.6 Å². The van der Waals surface area contributed by atoms with Gasteiger partial charge in [0.25, 0.3) is 0 Å². The number of H-pyrrole nitrogens is 1. The minimum Gasteiger partial charge on any atom is -0.408 e. The maximum atomic E-state index is 12.4. The molecule has 3 N–H and O–H groups in total. The zero-order chi connectivity index (χ0) is 17.2. The molecule has 1 aliphatic carbocycles. The molecule has 1 unspecified atom stereocenters. The van der Waals surface area contributed by atoms with E-state index < -0.39 is 17.3 Å². The molecule has 24 heavy (non-hydrogen) atoms. The number of nitriles is 1. The zero-order valence-electron chi connectivity index (χ0n) is 13.5. The number of anilines is 1. The first-order valence-corrected chi connectivity index (χ1v) is 8.14. The van der Waals surface area contributed by atoms with Crippen molar-refractivity contribution in [1.29, 1.82) is 5.26 Å². The maximum absolute atomic E-state index is 12.4. The summed E-state index contributed by atoms with van der Waals surface area (Å²) in [6.45, 7) is 1.74. The molecule has 1 aromatic carbocycles. The molecule has 1 heterocycles. The lowest BCUT2D eigenvalue weighted by Crippen LogP contribution is -2.52. The standard InChI is InChI=1S/C17H20N4O3/c1-11(15(22)21-17(10-18)7-3-2-4-8-17)19-12-5-6-14-13(9-12)20-16(23)24-14/h5-6,9,11,19H,2-4,7-8H2,1H3,(H,20,23)(H,21,22). The van der Waals surface area contributed by atoms with Crippen molar-refractivity contribution in [3.05, 3.63) is 28.7 Å². The van der Waals surface area contributed by atoms with E-state index in [1.165, 1.54) is 0 Å². The number of aromatic nitrogens is 1. The van der Waals surface area contributed by atoms with Gasteiger partial charge in [0.1, 0.15) is 11.6 Å². The van der Waals surface area contributed by atoms with E-state index in [4.69, 9.17) is 4.42 Å². The minimum atomic E-state index is -0.745. The van der Waals surface area contributed by atoms with E-state index in [-0.39, 0.29) is 5.91 Å². The highest BCUT2D eigenvalue weighted by Gasteiger charge is 2.34. The van der Waals surface area contributed by atoms with Crippen molar-refractivity contribution in [2.24, 2.45) is 0 Å². The topological polar surface area (TPSA) is 111 Å². The first-order chi connectivity index (χ1) is 11.5. The van der Waals surface area contributed by atoms with Crippen molar-refractivity contribution < 1.29 is 9.21 Å². The number of benzene rings is 1. The average molecular weight is 328 g/mol. The number of amides is 1. The Labute approximate surface area is 139 Å². The molecule has 0 aliphatic heterocycles. The molecule has 1 fully saturated rings. The lowest BCUT2D eigenvalue weighted by atomic mass is 9.82. The normalized spacial score (nSPS) is 17.8. The molecule has 7 heteroatoms. The van der Waals surface area contributed by atoms with Crippen LogP contribution in [0.5, 0.6) is 0 Å². The molecule has 0 saturated heterocycles. The van der Waals surface area contributed by atoms with Gasteiger partial charge in [-0.15, -0.1) is 0 Å². The van der Waals surface area contributed by atoms with Crippen LogP contribution < -0.4 is 16.4 Å². The summed E-state index contributed by atoms with van der Waals surface area (Å²) in [4.78, 5) is 26.2. The fourth-order valence-corrected chi connectivity index (χ4v) is 3.12. The second-order valence-electron chi connectivity index (χ2n) is 6.34. The lowest BCUT2D eigenvalue weighted by Gasteiger charge is -2.32. The largest absolute Gasteiger partial charge is 0.417 e. The Bertz CT molecular complexity index is 839. The molecule has 1 aromatic heterocycles. The first kappa shape index (κ1) is 16.1. The van der Waals surface area contributed by atoms with E-state index in [1.807, 2.05) is 0 Å². The monoisotopic (exact) mass is 328 g/mol. The van der Waals surface area contributed by atoms with Crippen molar-refractivity contribution in [2.75, 3.05) is 5.32 Å². The Morgan fingerprint density at radius 3 is 2.83 bits per heavy atom. The van der Waals surface area contributed by atoms with Crippen molar-refractivity contribution >= 4 is 22.7 Å². The number of rotatable bonds is 4. The van der Waals surface area contributed by atoms with Gasteiger partial charge in [-0.05, 0) is 38.0 Å². The fraction of sp³-hybridized carbons (Fsp3) is 0.471. The van der Waals surface area contributed by atoms with Crippen LogP contribution in [0.3, 0.4) is 0 Å². The highest BCUT2D eigenvalue weighted by atomic mass is 16.4. The van der Waals surface area contributed by atoms with Gasteiger partial charge in [0.15, 0.2) is 5.58 Å². The van der Waals surface area contributed by atoms with E-state index in [9.17, 15) is 14.9 Å². The molecule has 0 bridgehead atoms. The summed E-state index contributed by atoms with van der Waals surface area (Å²) in [6, 6.07) is 6.89. The Morgan fingerprint density at radius 2 is 2.12 bits per heavy atom. The average Bonchev–Trinajstić information content (AvgIpc) is 2.95. The Kier molecular flexibility index (Phi) is 4.30. The first-order valence-electron chi connectivity index (χ1n) is 8.14. The molecule has 1 atom stereocenters. The van der Waals surface area contributed by atoms with Gasteiger partial charge >= 0.3 is 5.76 Å². The number of aromatic amines is 1.